The molecular formula is C14H21N3O3. The summed E-state index contributed by atoms with van der Waals surface area (Å²) in [6.07, 6.45) is 0.858. The first-order valence-corrected chi connectivity index (χ1v) is 6.56. The Morgan fingerprint density at radius 1 is 1.25 bits per heavy atom. The molecule has 0 aromatic heterocycles. The molecule has 0 radical (unpaired) electrons. The number of methoxy groups -OCH3 is 1. The molecule has 110 valence electrons. The Labute approximate surface area is 118 Å². The molecule has 1 aromatic carbocycles. The molecule has 0 aliphatic carbocycles. The van der Waals surface area contributed by atoms with Crippen molar-refractivity contribution in [2.24, 2.45) is 0 Å². The average Bonchev–Trinajstić information content (AvgIpc) is 2.45. The number of carbonyl (C=O) groups excluding carboxylic acids is 2. The molecule has 1 rings (SSSR count). The third kappa shape index (κ3) is 5.17. The topological polar surface area (TPSA) is 79.5 Å². The minimum Gasteiger partial charge on any atom is -0.497 e. The van der Waals surface area contributed by atoms with Crippen molar-refractivity contribution in [3.05, 3.63) is 24.3 Å². The van der Waals surface area contributed by atoms with Crippen LogP contribution in [-0.2, 0) is 4.79 Å². The summed E-state index contributed by atoms with van der Waals surface area (Å²) in [6.45, 7) is 4.21. The SMILES string of the molecule is CCCNC(=O)[C@H](C)NC(=O)Nc1ccc(OC)cc1. The van der Waals surface area contributed by atoms with E-state index in [0.717, 1.165) is 6.42 Å². The third-order valence-electron chi connectivity index (χ3n) is 2.64. The van der Waals surface area contributed by atoms with Gasteiger partial charge >= 0.3 is 6.03 Å². The summed E-state index contributed by atoms with van der Waals surface area (Å²) in [6, 6.07) is 5.93. The van der Waals surface area contributed by atoms with Crippen LogP contribution in [0.3, 0.4) is 0 Å². The second-order valence-corrected chi connectivity index (χ2v) is 4.34. The normalized spacial score (nSPS) is 11.3. The van der Waals surface area contributed by atoms with Gasteiger partial charge in [-0.2, -0.15) is 0 Å². The summed E-state index contributed by atoms with van der Waals surface area (Å²) in [5, 5.41) is 7.94. The highest BCUT2D eigenvalue weighted by molar-refractivity contribution is 5.93. The van der Waals surface area contributed by atoms with E-state index in [1.165, 1.54) is 0 Å². The van der Waals surface area contributed by atoms with E-state index in [0.29, 0.717) is 18.0 Å². The van der Waals surface area contributed by atoms with Crippen LogP contribution in [0.2, 0.25) is 0 Å². The Balaban J connectivity index is 2.44. The highest BCUT2D eigenvalue weighted by atomic mass is 16.5. The van der Waals surface area contributed by atoms with Gasteiger partial charge in [-0.05, 0) is 37.6 Å². The summed E-state index contributed by atoms with van der Waals surface area (Å²) < 4.78 is 5.03. The van der Waals surface area contributed by atoms with Crippen LogP contribution >= 0.6 is 0 Å². The lowest BCUT2D eigenvalue weighted by Gasteiger charge is -2.14. The van der Waals surface area contributed by atoms with Gasteiger partial charge in [-0.1, -0.05) is 6.92 Å². The van der Waals surface area contributed by atoms with Gasteiger partial charge in [0.15, 0.2) is 0 Å². The van der Waals surface area contributed by atoms with E-state index in [4.69, 9.17) is 4.74 Å². The molecule has 0 spiro atoms. The predicted molar refractivity (Wildman–Crippen MR) is 77.9 cm³/mol. The number of amides is 3. The monoisotopic (exact) mass is 279 g/mol. The number of ether oxygens (including phenoxy) is 1. The second-order valence-electron chi connectivity index (χ2n) is 4.34. The van der Waals surface area contributed by atoms with Crippen molar-refractivity contribution in [3.63, 3.8) is 0 Å². The summed E-state index contributed by atoms with van der Waals surface area (Å²) in [5.74, 6) is 0.514. The quantitative estimate of drug-likeness (QED) is 0.742. The number of hydrogen-bond donors (Lipinski definition) is 3. The van der Waals surface area contributed by atoms with Crippen LogP contribution in [0.25, 0.3) is 0 Å². The highest BCUT2D eigenvalue weighted by Crippen LogP contribution is 2.14. The Hall–Kier alpha value is -2.24. The first kappa shape index (κ1) is 15.8. The molecule has 1 atom stereocenters. The maximum atomic E-state index is 11.7. The van der Waals surface area contributed by atoms with Gasteiger partial charge < -0.3 is 20.7 Å². The minimum absolute atomic E-state index is 0.197. The molecule has 3 N–H and O–H groups in total. The van der Waals surface area contributed by atoms with Crippen LogP contribution in [-0.4, -0.2) is 31.6 Å². The van der Waals surface area contributed by atoms with Gasteiger partial charge in [0.2, 0.25) is 5.91 Å². The number of benzene rings is 1. The molecule has 20 heavy (non-hydrogen) atoms. The second kappa shape index (κ2) is 8.04. The van der Waals surface area contributed by atoms with Gasteiger partial charge in [-0.25, -0.2) is 4.79 Å². The van der Waals surface area contributed by atoms with Crippen molar-refractivity contribution in [1.82, 2.24) is 10.6 Å². The van der Waals surface area contributed by atoms with E-state index < -0.39 is 12.1 Å². The fraction of sp³-hybridized carbons (Fsp3) is 0.429. The standard InChI is InChI=1S/C14H21N3O3/c1-4-9-15-13(18)10(2)16-14(19)17-11-5-7-12(20-3)8-6-11/h5-8,10H,4,9H2,1-3H3,(H,15,18)(H2,16,17,19)/t10-/m0/s1. The Morgan fingerprint density at radius 2 is 1.90 bits per heavy atom. The lowest BCUT2D eigenvalue weighted by molar-refractivity contribution is -0.122. The number of anilines is 1. The van der Waals surface area contributed by atoms with E-state index in [9.17, 15) is 9.59 Å². The van der Waals surface area contributed by atoms with Gasteiger partial charge in [-0.3, -0.25) is 4.79 Å². The summed E-state index contributed by atoms with van der Waals surface area (Å²) >= 11 is 0. The van der Waals surface area contributed by atoms with E-state index in [1.807, 2.05) is 6.92 Å². The van der Waals surface area contributed by atoms with Crippen molar-refractivity contribution in [2.45, 2.75) is 26.3 Å². The van der Waals surface area contributed by atoms with Crippen molar-refractivity contribution in [2.75, 3.05) is 19.0 Å². The van der Waals surface area contributed by atoms with Gasteiger partial charge in [0.05, 0.1) is 7.11 Å². The molecule has 0 unspecified atom stereocenters. The Bertz CT molecular complexity index is 445. The molecule has 6 heteroatoms. The first-order chi connectivity index (χ1) is 9.56. The van der Waals surface area contributed by atoms with Crippen LogP contribution in [0.15, 0.2) is 24.3 Å². The fourth-order valence-electron chi connectivity index (χ4n) is 1.51. The third-order valence-corrected chi connectivity index (χ3v) is 2.64. The van der Waals surface area contributed by atoms with E-state index in [-0.39, 0.29) is 5.91 Å². The number of carbonyl (C=O) groups is 2. The molecule has 6 nitrogen and oxygen atoms in total. The highest BCUT2D eigenvalue weighted by Gasteiger charge is 2.14. The molecular weight excluding hydrogens is 258 g/mol. The van der Waals surface area contributed by atoms with Crippen LogP contribution in [0, 0.1) is 0 Å². The number of hydrogen-bond acceptors (Lipinski definition) is 3. The molecule has 0 fully saturated rings. The number of rotatable bonds is 6. The predicted octanol–water partition coefficient (Wildman–Crippen LogP) is 1.73. The van der Waals surface area contributed by atoms with E-state index in [2.05, 4.69) is 16.0 Å². The zero-order valence-corrected chi connectivity index (χ0v) is 12.0. The van der Waals surface area contributed by atoms with Crippen LogP contribution in [0.1, 0.15) is 20.3 Å². The van der Waals surface area contributed by atoms with Crippen molar-refractivity contribution in [1.29, 1.82) is 0 Å². The lowest BCUT2D eigenvalue weighted by Crippen LogP contribution is -2.46. The van der Waals surface area contributed by atoms with Crippen LogP contribution in [0.4, 0.5) is 10.5 Å². The molecule has 0 aliphatic heterocycles. The minimum atomic E-state index is -0.584. The van der Waals surface area contributed by atoms with Crippen molar-refractivity contribution < 1.29 is 14.3 Å². The maximum Gasteiger partial charge on any atom is 0.319 e. The smallest absolute Gasteiger partial charge is 0.319 e. The molecule has 0 saturated heterocycles. The van der Waals surface area contributed by atoms with Gasteiger partial charge in [0.1, 0.15) is 11.8 Å². The van der Waals surface area contributed by atoms with Crippen LogP contribution < -0.4 is 20.7 Å². The molecule has 0 bridgehead atoms. The molecule has 1 aromatic rings. The molecule has 0 saturated carbocycles. The number of nitrogens with one attached hydrogen (secondary N) is 3. The Kier molecular flexibility index (Phi) is 6.36. The van der Waals surface area contributed by atoms with Gasteiger partial charge in [-0.15, -0.1) is 0 Å². The summed E-state index contributed by atoms with van der Waals surface area (Å²) in [5.41, 5.74) is 0.629. The average molecular weight is 279 g/mol. The summed E-state index contributed by atoms with van der Waals surface area (Å²) in [4.78, 5) is 23.3. The fourth-order valence-corrected chi connectivity index (χ4v) is 1.51. The lowest BCUT2D eigenvalue weighted by atomic mass is 10.3. The van der Waals surface area contributed by atoms with Gasteiger partial charge in [0.25, 0.3) is 0 Å². The molecule has 0 aliphatic rings. The Morgan fingerprint density at radius 3 is 2.45 bits per heavy atom. The molecule has 0 heterocycles. The largest absolute Gasteiger partial charge is 0.497 e. The van der Waals surface area contributed by atoms with Crippen molar-refractivity contribution in [3.8, 4) is 5.75 Å². The van der Waals surface area contributed by atoms with Gasteiger partial charge in [0, 0.05) is 12.2 Å². The zero-order chi connectivity index (χ0) is 15.0. The summed E-state index contributed by atoms with van der Waals surface area (Å²) in [7, 11) is 1.58. The zero-order valence-electron chi connectivity index (χ0n) is 12.0. The van der Waals surface area contributed by atoms with E-state index >= 15 is 0 Å². The van der Waals surface area contributed by atoms with Crippen LogP contribution in [0.5, 0.6) is 5.75 Å². The maximum absolute atomic E-state index is 11.7. The van der Waals surface area contributed by atoms with E-state index in [1.54, 1.807) is 38.3 Å². The van der Waals surface area contributed by atoms with Crippen molar-refractivity contribution >= 4 is 17.6 Å². The first-order valence-electron chi connectivity index (χ1n) is 6.56. The molecule has 3 amide bonds. The number of urea groups is 1.